The van der Waals surface area contributed by atoms with E-state index in [4.69, 9.17) is 23.2 Å². The van der Waals surface area contributed by atoms with Gasteiger partial charge in [-0.15, -0.1) is 0 Å². The van der Waals surface area contributed by atoms with Gasteiger partial charge < -0.3 is 0 Å². The molecule has 1 atom stereocenters. The number of nitrogens with zero attached hydrogens (tertiary/aromatic N) is 2. The zero-order chi connectivity index (χ0) is 19.1. The van der Waals surface area contributed by atoms with Crippen molar-refractivity contribution in [3.05, 3.63) is 108 Å². The SMILES string of the molecule is N#CC(Cl)(Cl)C(c1ccccc1)N(Cc1ccccc1)Cc1ccccc1. The van der Waals surface area contributed by atoms with Crippen molar-refractivity contribution in [1.82, 2.24) is 4.90 Å². The lowest BCUT2D eigenvalue weighted by Gasteiger charge is -2.36. The van der Waals surface area contributed by atoms with E-state index in [1.807, 2.05) is 66.7 Å². The Balaban J connectivity index is 2.03. The van der Waals surface area contributed by atoms with Crippen molar-refractivity contribution >= 4 is 23.2 Å². The second-order valence-electron chi connectivity index (χ2n) is 6.42. The minimum absolute atomic E-state index is 0.479. The van der Waals surface area contributed by atoms with Gasteiger partial charge >= 0.3 is 0 Å². The van der Waals surface area contributed by atoms with Crippen molar-refractivity contribution in [2.24, 2.45) is 0 Å². The molecule has 3 rings (SSSR count). The number of halogens is 2. The van der Waals surface area contributed by atoms with Gasteiger partial charge in [-0.2, -0.15) is 5.26 Å². The van der Waals surface area contributed by atoms with Gasteiger partial charge in [-0.3, -0.25) is 4.90 Å². The molecule has 0 heterocycles. The van der Waals surface area contributed by atoms with Crippen LogP contribution in [-0.4, -0.2) is 9.23 Å². The van der Waals surface area contributed by atoms with Crippen molar-refractivity contribution in [3.63, 3.8) is 0 Å². The first-order valence-electron chi connectivity index (χ1n) is 8.76. The number of hydrogen-bond acceptors (Lipinski definition) is 2. The molecule has 136 valence electrons. The Morgan fingerprint density at radius 2 is 1.15 bits per heavy atom. The van der Waals surface area contributed by atoms with Crippen LogP contribution in [0.1, 0.15) is 22.7 Å². The highest BCUT2D eigenvalue weighted by Crippen LogP contribution is 2.41. The lowest BCUT2D eigenvalue weighted by atomic mass is 9.99. The van der Waals surface area contributed by atoms with Crippen molar-refractivity contribution in [1.29, 1.82) is 5.26 Å². The van der Waals surface area contributed by atoms with E-state index in [2.05, 4.69) is 35.2 Å². The number of benzene rings is 3. The maximum atomic E-state index is 9.67. The first-order valence-corrected chi connectivity index (χ1v) is 9.51. The first kappa shape index (κ1) is 19.5. The second kappa shape index (κ2) is 9.06. The summed E-state index contributed by atoms with van der Waals surface area (Å²) in [7, 11) is 0. The molecular formula is C23H20Cl2N2. The fraction of sp³-hybridized carbons (Fsp3) is 0.174. The molecule has 2 nitrogen and oxygen atoms in total. The van der Waals surface area contributed by atoms with E-state index >= 15 is 0 Å². The molecule has 0 aromatic heterocycles. The van der Waals surface area contributed by atoms with Gasteiger partial charge in [0.15, 0.2) is 0 Å². The summed E-state index contributed by atoms with van der Waals surface area (Å²) in [5, 5.41) is 9.67. The van der Waals surface area contributed by atoms with Gasteiger partial charge in [-0.25, -0.2) is 0 Å². The third-order valence-corrected chi connectivity index (χ3v) is 5.01. The van der Waals surface area contributed by atoms with E-state index in [0.29, 0.717) is 13.1 Å². The molecule has 4 heteroatoms. The third-order valence-electron chi connectivity index (χ3n) is 4.43. The summed E-state index contributed by atoms with van der Waals surface area (Å²) in [5.74, 6) is 0. The molecule has 3 aromatic rings. The van der Waals surface area contributed by atoms with Crippen molar-refractivity contribution in [2.75, 3.05) is 0 Å². The van der Waals surface area contributed by atoms with Crippen LogP contribution in [0, 0.1) is 11.3 Å². The van der Waals surface area contributed by atoms with Crippen LogP contribution in [0.5, 0.6) is 0 Å². The molecule has 0 amide bonds. The van der Waals surface area contributed by atoms with Crippen LogP contribution >= 0.6 is 23.2 Å². The van der Waals surface area contributed by atoms with Gasteiger partial charge in [0.05, 0.1) is 6.04 Å². The maximum Gasteiger partial charge on any atom is 0.222 e. The molecule has 0 bridgehead atoms. The molecule has 0 saturated carbocycles. The molecule has 0 radical (unpaired) electrons. The summed E-state index contributed by atoms with van der Waals surface area (Å²) in [4.78, 5) is 2.16. The maximum absolute atomic E-state index is 9.67. The second-order valence-corrected chi connectivity index (χ2v) is 7.81. The smallest absolute Gasteiger partial charge is 0.222 e. The summed E-state index contributed by atoms with van der Waals surface area (Å²) >= 11 is 13.0. The van der Waals surface area contributed by atoms with Gasteiger partial charge in [0.25, 0.3) is 0 Å². The lowest BCUT2D eigenvalue weighted by Crippen LogP contribution is -2.38. The molecule has 3 aromatic carbocycles. The van der Waals surface area contributed by atoms with Crippen molar-refractivity contribution in [2.45, 2.75) is 23.5 Å². The van der Waals surface area contributed by atoms with Crippen LogP contribution in [-0.2, 0) is 13.1 Å². The summed E-state index contributed by atoms with van der Waals surface area (Å²) in [6, 6.07) is 31.6. The fourth-order valence-electron chi connectivity index (χ4n) is 3.22. The van der Waals surface area contributed by atoms with E-state index in [1.54, 1.807) is 0 Å². The van der Waals surface area contributed by atoms with E-state index < -0.39 is 10.4 Å². The van der Waals surface area contributed by atoms with Gasteiger partial charge in [-0.1, -0.05) is 114 Å². The lowest BCUT2D eigenvalue weighted by molar-refractivity contribution is 0.175. The van der Waals surface area contributed by atoms with E-state index in [9.17, 15) is 5.26 Å². The molecule has 1 unspecified atom stereocenters. The van der Waals surface area contributed by atoms with Crippen LogP contribution in [0.3, 0.4) is 0 Å². The summed E-state index contributed by atoms with van der Waals surface area (Å²) in [5.41, 5.74) is 3.18. The Labute approximate surface area is 170 Å². The third kappa shape index (κ3) is 5.11. The molecule has 0 aliphatic rings. The topological polar surface area (TPSA) is 27.0 Å². The average molecular weight is 395 g/mol. The predicted octanol–water partition coefficient (Wildman–Crippen LogP) is 6.13. The van der Waals surface area contributed by atoms with Crippen LogP contribution in [0.4, 0.5) is 0 Å². The van der Waals surface area contributed by atoms with Crippen molar-refractivity contribution in [3.8, 4) is 6.07 Å². The molecule has 0 aliphatic carbocycles. The van der Waals surface area contributed by atoms with Gasteiger partial charge in [0.2, 0.25) is 4.33 Å². The summed E-state index contributed by atoms with van der Waals surface area (Å²) < 4.78 is -1.58. The minimum atomic E-state index is -1.58. The Kier molecular flexibility index (Phi) is 6.53. The van der Waals surface area contributed by atoms with E-state index in [-0.39, 0.29) is 0 Å². The normalized spacial score (nSPS) is 12.5. The van der Waals surface area contributed by atoms with Crippen LogP contribution in [0.2, 0.25) is 0 Å². The Hall–Kier alpha value is -2.31. The molecular weight excluding hydrogens is 375 g/mol. The van der Waals surface area contributed by atoms with Crippen molar-refractivity contribution < 1.29 is 0 Å². The Morgan fingerprint density at radius 3 is 1.56 bits per heavy atom. The quantitative estimate of drug-likeness (QED) is 0.450. The summed E-state index contributed by atoms with van der Waals surface area (Å²) in [6.07, 6.45) is 0. The molecule has 0 saturated heterocycles. The van der Waals surface area contributed by atoms with Gasteiger partial charge in [-0.05, 0) is 16.7 Å². The highest BCUT2D eigenvalue weighted by molar-refractivity contribution is 6.51. The molecule has 0 fully saturated rings. The highest BCUT2D eigenvalue weighted by atomic mass is 35.5. The molecule has 0 spiro atoms. The summed E-state index contributed by atoms with van der Waals surface area (Å²) in [6.45, 7) is 1.25. The van der Waals surface area contributed by atoms with Crippen LogP contribution < -0.4 is 0 Å². The number of nitriles is 1. The van der Waals surface area contributed by atoms with E-state index in [1.165, 1.54) is 0 Å². The van der Waals surface area contributed by atoms with Gasteiger partial charge in [0, 0.05) is 13.1 Å². The number of rotatable bonds is 7. The highest BCUT2D eigenvalue weighted by Gasteiger charge is 2.40. The Bertz CT molecular complexity index is 833. The minimum Gasteiger partial charge on any atom is -0.284 e. The Morgan fingerprint density at radius 1 is 0.741 bits per heavy atom. The van der Waals surface area contributed by atoms with Gasteiger partial charge in [0.1, 0.15) is 6.07 Å². The van der Waals surface area contributed by atoms with Crippen LogP contribution in [0.15, 0.2) is 91.0 Å². The standard InChI is InChI=1S/C23H20Cl2N2/c24-23(25,18-26)22(21-14-8-3-9-15-21)27(16-19-10-4-1-5-11-19)17-20-12-6-2-7-13-20/h1-15,22H,16-17H2. The molecule has 27 heavy (non-hydrogen) atoms. The fourth-order valence-corrected chi connectivity index (χ4v) is 3.75. The zero-order valence-corrected chi connectivity index (χ0v) is 16.3. The molecule has 0 aliphatic heterocycles. The predicted molar refractivity (Wildman–Crippen MR) is 111 cm³/mol. The monoisotopic (exact) mass is 394 g/mol. The largest absolute Gasteiger partial charge is 0.284 e. The number of alkyl halides is 2. The average Bonchev–Trinajstić information content (AvgIpc) is 2.70. The van der Waals surface area contributed by atoms with E-state index in [0.717, 1.165) is 16.7 Å². The number of hydrogen-bond donors (Lipinski definition) is 0. The zero-order valence-electron chi connectivity index (χ0n) is 14.8. The first-order chi connectivity index (χ1) is 13.1. The molecule has 0 N–H and O–H groups in total. The van der Waals surface area contributed by atoms with Crippen LogP contribution in [0.25, 0.3) is 0 Å².